The van der Waals surface area contributed by atoms with Crippen molar-refractivity contribution < 1.29 is 4.74 Å². The van der Waals surface area contributed by atoms with Crippen LogP contribution in [0.15, 0.2) is 52.5 Å². The third-order valence-electron chi connectivity index (χ3n) is 6.31. The average Bonchev–Trinajstić information content (AvgIpc) is 2.78. The highest BCUT2D eigenvalue weighted by Crippen LogP contribution is 2.35. The van der Waals surface area contributed by atoms with Crippen molar-refractivity contribution in [2.75, 3.05) is 39.4 Å². The Kier molecular flexibility index (Phi) is 6.17. The van der Waals surface area contributed by atoms with E-state index in [1.54, 1.807) is 11.8 Å². The van der Waals surface area contributed by atoms with Crippen LogP contribution in [0.3, 0.4) is 0 Å². The number of benzene rings is 2. The zero-order valence-electron chi connectivity index (χ0n) is 19.1. The third kappa shape index (κ3) is 4.68. The van der Waals surface area contributed by atoms with Crippen LogP contribution in [0.4, 0.5) is 5.69 Å². The molecule has 0 amide bonds. The van der Waals surface area contributed by atoms with Gasteiger partial charge in [0.1, 0.15) is 5.03 Å². The van der Waals surface area contributed by atoms with Crippen molar-refractivity contribution in [2.24, 2.45) is 4.99 Å². The summed E-state index contributed by atoms with van der Waals surface area (Å²) in [4.78, 5) is 15.0. The molecule has 0 radical (unpaired) electrons. The summed E-state index contributed by atoms with van der Waals surface area (Å²) >= 11 is 1.70. The van der Waals surface area contributed by atoms with Gasteiger partial charge < -0.3 is 9.64 Å². The molecule has 1 aromatic heterocycles. The Labute approximate surface area is 194 Å². The van der Waals surface area contributed by atoms with Crippen molar-refractivity contribution in [2.45, 2.75) is 32.3 Å². The Hall–Kier alpha value is -2.41. The monoisotopic (exact) mass is 446 g/mol. The summed E-state index contributed by atoms with van der Waals surface area (Å²) in [5, 5.41) is 3.33. The number of thioether (sulfide) groups is 1. The standard InChI is InChI=1S/C26H30N4OS/c1-18-5-4-6-23(13-18)27-26-30(8-7-29-9-11-31-12-10-29)17-22-16-21-14-19(2)20(3)15-24(21)28-25(22)32-26/h4-6,13-16H,7-12,17H2,1-3H3. The number of aliphatic imine (C=N–C) groups is 1. The fourth-order valence-electron chi connectivity index (χ4n) is 4.26. The molecule has 32 heavy (non-hydrogen) atoms. The lowest BCUT2D eigenvalue weighted by Gasteiger charge is -2.34. The Bertz CT molecular complexity index is 1170. The Morgan fingerprint density at radius 1 is 1.00 bits per heavy atom. The van der Waals surface area contributed by atoms with E-state index in [1.807, 2.05) is 0 Å². The number of hydrogen-bond donors (Lipinski definition) is 0. The molecule has 2 aliphatic heterocycles. The molecule has 2 aromatic carbocycles. The molecule has 0 bridgehead atoms. The zero-order chi connectivity index (χ0) is 22.1. The highest BCUT2D eigenvalue weighted by molar-refractivity contribution is 8.13. The highest BCUT2D eigenvalue weighted by atomic mass is 32.2. The Balaban J connectivity index is 1.48. The van der Waals surface area contributed by atoms with Crippen molar-refractivity contribution >= 4 is 33.5 Å². The summed E-state index contributed by atoms with van der Waals surface area (Å²) in [6.45, 7) is 12.9. The minimum absolute atomic E-state index is 0.830. The largest absolute Gasteiger partial charge is 0.379 e. The molecule has 5 nitrogen and oxygen atoms in total. The van der Waals surface area contributed by atoms with Crippen molar-refractivity contribution in [1.29, 1.82) is 0 Å². The van der Waals surface area contributed by atoms with Crippen molar-refractivity contribution in [1.82, 2.24) is 14.8 Å². The van der Waals surface area contributed by atoms with E-state index in [0.29, 0.717) is 0 Å². The van der Waals surface area contributed by atoms with Crippen LogP contribution < -0.4 is 0 Å². The van der Waals surface area contributed by atoms with Gasteiger partial charge in [0.05, 0.1) is 24.4 Å². The molecule has 1 fully saturated rings. The summed E-state index contributed by atoms with van der Waals surface area (Å²) in [5.41, 5.74) is 7.18. The van der Waals surface area contributed by atoms with E-state index in [1.165, 1.54) is 27.6 Å². The van der Waals surface area contributed by atoms with Gasteiger partial charge in [0.15, 0.2) is 5.17 Å². The Morgan fingerprint density at radius 3 is 2.62 bits per heavy atom. The van der Waals surface area contributed by atoms with E-state index in [0.717, 1.165) is 67.3 Å². The molecule has 0 N–H and O–H groups in total. The maximum atomic E-state index is 5.52. The third-order valence-corrected chi connectivity index (χ3v) is 7.38. The summed E-state index contributed by atoms with van der Waals surface area (Å²) in [5.74, 6) is 0. The first-order valence-corrected chi connectivity index (χ1v) is 12.2. The number of ether oxygens (including phenoxy) is 1. The van der Waals surface area contributed by atoms with Gasteiger partial charge in [-0.25, -0.2) is 9.98 Å². The van der Waals surface area contributed by atoms with Crippen LogP contribution in [-0.2, 0) is 11.3 Å². The molecule has 0 spiro atoms. The van der Waals surface area contributed by atoms with Crippen molar-refractivity contribution in [3.63, 3.8) is 0 Å². The predicted molar refractivity (Wildman–Crippen MR) is 133 cm³/mol. The van der Waals surface area contributed by atoms with Gasteiger partial charge in [-0.3, -0.25) is 4.90 Å². The second kappa shape index (κ2) is 9.22. The summed E-state index contributed by atoms with van der Waals surface area (Å²) in [7, 11) is 0. The lowest BCUT2D eigenvalue weighted by Crippen LogP contribution is -2.43. The number of hydrogen-bond acceptors (Lipinski definition) is 5. The van der Waals surface area contributed by atoms with Crippen LogP contribution in [-0.4, -0.2) is 59.3 Å². The van der Waals surface area contributed by atoms with Crippen LogP contribution in [0.1, 0.15) is 22.3 Å². The van der Waals surface area contributed by atoms with Crippen LogP contribution in [0.5, 0.6) is 0 Å². The summed E-state index contributed by atoms with van der Waals surface area (Å²) < 4.78 is 5.52. The number of nitrogens with zero attached hydrogens (tertiary/aromatic N) is 4. The van der Waals surface area contributed by atoms with Crippen molar-refractivity contribution in [3.05, 3.63) is 64.7 Å². The second-order valence-electron chi connectivity index (χ2n) is 8.79. The number of aryl methyl sites for hydroxylation is 3. The second-order valence-corrected chi connectivity index (χ2v) is 9.75. The van der Waals surface area contributed by atoms with Gasteiger partial charge in [-0.2, -0.15) is 0 Å². The number of amidine groups is 1. The van der Waals surface area contributed by atoms with Crippen molar-refractivity contribution in [3.8, 4) is 0 Å². The van der Waals surface area contributed by atoms with Crippen LogP contribution in [0.25, 0.3) is 10.9 Å². The highest BCUT2D eigenvalue weighted by Gasteiger charge is 2.25. The molecule has 0 saturated carbocycles. The molecule has 0 atom stereocenters. The van der Waals surface area contributed by atoms with Gasteiger partial charge in [-0.15, -0.1) is 0 Å². The van der Waals surface area contributed by atoms with Gasteiger partial charge in [0, 0.05) is 43.7 Å². The maximum absolute atomic E-state index is 5.52. The first-order valence-electron chi connectivity index (χ1n) is 11.3. The van der Waals surface area contributed by atoms with Crippen LogP contribution in [0, 0.1) is 20.8 Å². The molecule has 0 aliphatic carbocycles. The molecule has 166 valence electrons. The zero-order valence-corrected chi connectivity index (χ0v) is 19.9. The molecular formula is C26H30N4OS. The fourth-order valence-corrected chi connectivity index (χ4v) is 5.26. The smallest absolute Gasteiger partial charge is 0.171 e. The number of morpholine rings is 1. The molecule has 5 rings (SSSR count). The van der Waals surface area contributed by atoms with Gasteiger partial charge in [0.25, 0.3) is 0 Å². The first kappa shape index (κ1) is 21.4. The van der Waals surface area contributed by atoms with E-state index >= 15 is 0 Å². The minimum Gasteiger partial charge on any atom is -0.379 e. The lowest BCUT2D eigenvalue weighted by molar-refractivity contribution is 0.0358. The van der Waals surface area contributed by atoms with Gasteiger partial charge >= 0.3 is 0 Å². The summed E-state index contributed by atoms with van der Waals surface area (Å²) in [6, 6.07) is 15.2. The van der Waals surface area contributed by atoms with E-state index in [9.17, 15) is 0 Å². The van der Waals surface area contributed by atoms with Crippen LogP contribution in [0.2, 0.25) is 0 Å². The number of fused-ring (bicyclic) bond motifs is 2. The van der Waals surface area contributed by atoms with E-state index < -0.39 is 0 Å². The maximum Gasteiger partial charge on any atom is 0.171 e. The number of aromatic nitrogens is 1. The minimum atomic E-state index is 0.830. The molecule has 2 aliphatic rings. The lowest BCUT2D eigenvalue weighted by atomic mass is 10.0. The van der Waals surface area contributed by atoms with E-state index in [4.69, 9.17) is 14.7 Å². The van der Waals surface area contributed by atoms with Gasteiger partial charge in [-0.05, 0) is 79.6 Å². The average molecular weight is 447 g/mol. The van der Waals surface area contributed by atoms with Gasteiger partial charge in [0.2, 0.25) is 0 Å². The molecule has 3 heterocycles. The molecule has 0 unspecified atom stereocenters. The normalized spacial score (nSPS) is 18.3. The van der Waals surface area contributed by atoms with E-state index in [2.05, 4.69) is 73.0 Å². The predicted octanol–water partition coefficient (Wildman–Crippen LogP) is 5.09. The molecule has 3 aromatic rings. The quantitative estimate of drug-likeness (QED) is 0.558. The number of pyridine rings is 1. The van der Waals surface area contributed by atoms with Gasteiger partial charge in [-0.1, -0.05) is 12.1 Å². The SMILES string of the molecule is Cc1cccc(N=C2Sc3nc4cc(C)c(C)cc4cc3CN2CCN2CCOCC2)c1. The molecular weight excluding hydrogens is 416 g/mol. The summed E-state index contributed by atoms with van der Waals surface area (Å²) in [6.07, 6.45) is 0. The molecule has 6 heteroatoms. The first-order chi connectivity index (χ1) is 15.5. The number of rotatable bonds is 4. The topological polar surface area (TPSA) is 41.0 Å². The fraction of sp³-hybridized carbons (Fsp3) is 0.385. The van der Waals surface area contributed by atoms with Crippen LogP contribution >= 0.6 is 11.8 Å². The van der Waals surface area contributed by atoms with E-state index in [-0.39, 0.29) is 0 Å². The Morgan fingerprint density at radius 2 is 1.81 bits per heavy atom. The molecule has 1 saturated heterocycles.